The van der Waals surface area contributed by atoms with Crippen molar-refractivity contribution in [2.24, 2.45) is 0 Å². The first-order chi connectivity index (χ1) is 7.31. The quantitative estimate of drug-likeness (QED) is 0.927. The third-order valence-corrected chi connectivity index (χ3v) is 2.53. The minimum Gasteiger partial charge on any atom is -0.389 e. The van der Waals surface area contributed by atoms with Crippen LogP contribution < -0.4 is 4.90 Å². The molecule has 86 valence electrons. The maximum Gasteiger partial charge on any atom is 0.0992 e. The molecule has 1 rings (SSSR count). The van der Waals surface area contributed by atoms with Crippen LogP contribution in [-0.2, 0) is 0 Å². The van der Waals surface area contributed by atoms with E-state index in [1.807, 2.05) is 18.0 Å². The third kappa shape index (κ3) is 3.84. The van der Waals surface area contributed by atoms with Crippen molar-refractivity contribution in [3.8, 4) is 6.07 Å². The Bertz CT molecular complexity index is 418. The topological polar surface area (TPSA) is 47.3 Å². The van der Waals surface area contributed by atoms with Crippen LogP contribution in [0.2, 0.25) is 0 Å². The lowest BCUT2D eigenvalue weighted by atomic mass is 10.1. The molecule has 0 fully saturated rings. The van der Waals surface area contributed by atoms with Crippen molar-refractivity contribution in [1.29, 1.82) is 5.26 Å². The summed E-state index contributed by atoms with van der Waals surface area (Å²) < 4.78 is 0.865. The van der Waals surface area contributed by atoms with Crippen LogP contribution in [0.15, 0.2) is 22.7 Å². The van der Waals surface area contributed by atoms with E-state index in [0.717, 1.165) is 10.2 Å². The highest BCUT2D eigenvalue weighted by Crippen LogP contribution is 2.22. The van der Waals surface area contributed by atoms with Crippen molar-refractivity contribution >= 4 is 21.6 Å². The van der Waals surface area contributed by atoms with Crippen LogP contribution in [0, 0.1) is 11.3 Å². The van der Waals surface area contributed by atoms with E-state index in [4.69, 9.17) is 5.26 Å². The molecule has 1 N–H and O–H groups in total. The molecule has 3 nitrogen and oxygen atoms in total. The van der Waals surface area contributed by atoms with Gasteiger partial charge >= 0.3 is 0 Å². The smallest absolute Gasteiger partial charge is 0.0992 e. The average Bonchev–Trinajstić information content (AvgIpc) is 2.14. The van der Waals surface area contributed by atoms with Crippen LogP contribution in [0.3, 0.4) is 0 Å². The summed E-state index contributed by atoms with van der Waals surface area (Å²) in [4.78, 5) is 1.92. The lowest BCUT2D eigenvalue weighted by molar-refractivity contribution is 0.0886. The van der Waals surface area contributed by atoms with Gasteiger partial charge in [-0.2, -0.15) is 5.26 Å². The van der Waals surface area contributed by atoms with Gasteiger partial charge in [-0.1, -0.05) is 15.9 Å². The van der Waals surface area contributed by atoms with E-state index in [1.54, 1.807) is 26.0 Å². The van der Waals surface area contributed by atoms with Gasteiger partial charge in [0.2, 0.25) is 0 Å². The van der Waals surface area contributed by atoms with E-state index in [9.17, 15) is 5.11 Å². The Labute approximate surface area is 104 Å². The highest BCUT2D eigenvalue weighted by atomic mass is 79.9. The molecule has 1 aromatic rings. The van der Waals surface area contributed by atoms with Crippen molar-refractivity contribution in [1.82, 2.24) is 0 Å². The molecule has 0 saturated heterocycles. The molecule has 4 heteroatoms. The second-order valence-corrected chi connectivity index (χ2v) is 5.39. The fraction of sp³-hybridized carbons (Fsp3) is 0.417. The van der Waals surface area contributed by atoms with Crippen LogP contribution in [0.25, 0.3) is 0 Å². The second kappa shape index (κ2) is 4.86. The molecule has 0 aliphatic rings. The van der Waals surface area contributed by atoms with Crippen molar-refractivity contribution < 1.29 is 5.11 Å². The first-order valence-corrected chi connectivity index (χ1v) is 5.75. The van der Waals surface area contributed by atoms with Gasteiger partial charge in [-0.25, -0.2) is 0 Å². The maximum absolute atomic E-state index is 9.73. The maximum atomic E-state index is 9.73. The van der Waals surface area contributed by atoms with Gasteiger partial charge in [-0.05, 0) is 32.0 Å². The summed E-state index contributed by atoms with van der Waals surface area (Å²) in [6.45, 7) is 4.02. The molecule has 0 bridgehead atoms. The predicted octanol–water partition coefficient (Wildman–Crippen LogP) is 2.53. The Morgan fingerprint density at radius 1 is 1.44 bits per heavy atom. The van der Waals surface area contributed by atoms with Gasteiger partial charge < -0.3 is 10.0 Å². The molecule has 0 atom stereocenters. The molecule has 0 heterocycles. The molecule has 0 amide bonds. The normalized spacial score (nSPS) is 11.0. The fourth-order valence-corrected chi connectivity index (χ4v) is 2.01. The minimum absolute atomic E-state index is 0.508. The lowest BCUT2D eigenvalue weighted by Crippen LogP contribution is -2.36. The van der Waals surface area contributed by atoms with Crippen LogP contribution in [0.4, 0.5) is 5.69 Å². The molecule has 0 aromatic heterocycles. The molecule has 0 aliphatic heterocycles. The standard InChI is InChI=1S/C12H15BrN2O/c1-12(2,16)8-15(3)11-5-9(7-14)4-10(13)6-11/h4-6,16H,8H2,1-3H3. The Morgan fingerprint density at radius 3 is 2.56 bits per heavy atom. The molecule has 16 heavy (non-hydrogen) atoms. The first kappa shape index (κ1) is 13.0. The van der Waals surface area contributed by atoms with E-state index in [2.05, 4.69) is 22.0 Å². The molecule has 0 unspecified atom stereocenters. The van der Waals surface area contributed by atoms with E-state index in [-0.39, 0.29) is 0 Å². The number of nitriles is 1. The van der Waals surface area contributed by atoms with Crippen molar-refractivity contribution in [2.45, 2.75) is 19.4 Å². The molecule has 1 aromatic carbocycles. The Balaban J connectivity index is 2.96. The molecule has 0 radical (unpaired) electrons. The van der Waals surface area contributed by atoms with Gasteiger partial charge in [0.1, 0.15) is 0 Å². The zero-order chi connectivity index (χ0) is 12.3. The van der Waals surface area contributed by atoms with Crippen molar-refractivity contribution in [3.63, 3.8) is 0 Å². The summed E-state index contributed by atoms with van der Waals surface area (Å²) in [6, 6.07) is 7.60. The third-order valence-electron chi connectivity index (χ3n) is 2.08. The van der Waals surface area contributed by atoms with Crippen LogP contribution in [-0.4, -0.2) is 24.3 Å². The Kier molecular flexibility index (Phi) is 3.95. The molecular formula is C12H15BrN2O. The van der Waals surface area contributed by atoms with Crippen molar-refractivity contribution in [2.75, 3.05) is 18.5 Å². The van der Waals surface area contributed by atoms with Gasteiger partial charge in [0.15, 0.2) is 0 Å². The fourth-order valence-electron chi connectivity index (χ4n) is 1.53. The zero-order valence-corrected chi connectivity index (χ0v) is 11.2. The van der Waals surface area contributed by atoms with Crippen LogP contribution >= 0.6 is 15.9 Å². The summed E-state index contributed by atoms with van der Waals surface area (Å²) in [6.07, 6.45) is 0. The number of nitrogens with zero attached hydrogens (tertiary/aromatic N) is 2. The van der Waals surface area contributed by atoms with E-state index in [0.29, 0.717) is 12.1 Å². The van der Waals surface area contributed by atoms with Crippen LogP contribution in [0.5, 0.6) is 0 Å². The Morgan fingerprint density at radius 2 is 2.06 bits per heavy atom. The SMILES string of the molecule is CN(CC(C)(C)O)c1cc(Br)cc(C#N)c1. The first-order valence-electron chi connectivity index (χ1n) is 4.96. The predicted molar refractivity (Wildman–Crippen MR) is 68.4 cm³/mol. The largest absolute Gasteiger partial charge is 0.389 e. The zero-order valence-electron chi connectivity index (χ0n) is 9.66. The number of benzene rings is 1. The highest BCUT2D eigenvalue weighted by molar-refractivity contribution is 9.10. The molecule has 0 saturated carbocycles. The number of likely N-dealkylation sites (N-methyl/N-ethyl adjacent to an activating group) is 1. The van der Waals surface area contributed by atoms with E-state index < -0.39 is 5.60 Å². The van der Waals surface area contributed by atoms with Crippen molar-refractivity contribution in [3.05, 3.63) is 28.2 Å². The number of anilines is 1. The second-order valence-electron chi connectivity index (χ2n) is 4.48. The van der Waals surface area contributed by atoms with E-state index in [1.165, 1.54) is 0 Å². The number of hydrogen-bond acceptors (Lipinski definition) is 3. The summed E-state index contributed by atoms with van der Waals surface area (Å²) >= 11 is 3.36. The summed E-state index contributed by atoms with van der Waals surface area (Å²) in [5, 5.41) is 18.6. The summed E-state index contributed by atoms with van der Waals surface area (Å²) in [7, 11) is 1.89. The van der Waals surface area contributed by atoms with E-state index >= 15 is 0 Å². The van der Waals surface area contributed by atoms with Crippen LogP contribution in [0.1, 0.15) is 19.4 Å². The minimum atomic E-state index is -0.760. The lowest BCUT2D eigenvalue weighted by Gasteiger charge is -2.27. The van der Waals surface area contributed by atoms with Gasteiger partial charge in [0, 0.05) is 23.8 Å². The number of aliphatic hydroxyl groups is 1. The van der Waals surface area contributed by atoms with Gasteiger partial charge in [-0.3, -0.25) is 0 Å². The monoisotopic (exact) mass is 282 g/mol. The van der Waals surface area contributed by atoms with Gasteiger partial charge in [-0.15, -0.1) is 0 Å². The Hall–Kier alpha value is -1.05. The van der Waals surface area contributed by atoms with Gasteiger partial charge in [0.25, 0.3) is 0 Å². The number of hydrogen-bond donors (Lipinski definition) is 1. The average molecular weight is 283 g/mol. The molecule has 0 aliphatic carbocycles. The molecule has 0 spiro atoms. The number of halogens is 1. The summed E-state index contributed by atoms with van der Waals surface area (Å²) in [5.74, 6) is 0. The number of rotatable bonds is 3. The molecular weight excluding hydrogens is 268 g/mol. The highest BCUT2D eigenvalue weighted by Gasteiger charge is 2.16. The van der Waals surface area contributed by atoms with Gasteiger partial charge in [0.05, 0.1) is 17.2 Å². The summed E-state index contributed by atoms with van der Waals surface area (Å²) in [5.41, 5.74) is 0.754.